The first-order chi connectivity index (χ1) is 8.21. The zero-order valence-electron chi connectivity index (χ0n) is 11.7. The Labute approximate surface area is 106 Å². The summed E-state index contributed by atoms with van der Waals surface area (Å²) in [5, 5.41) is 3.52. The molecule has 1 saturated heterocycles. The van der Waals surface area contributed by atoms with Gasteiger partial charge in [0.2, 0.25) is 0 Å². The first-order valence-electron chi connectivity index (χ1n) is 6.72. The maximum absolute atomic E-state index is 5.43. The maximum atomic E-state index is 5.43. The van der Waals surface area contributed by atoms with Crippen molar-refractivity contribution < 1.29 is 9.47 Å². The van der Waals surface area contributed by atoms with Gasteiger partial charge in [-0.05, 0) is 32.9 Å². The predicted molar refractivity (Wildman–Crippen MR) is 70.4 cm³/mol. The number of rotatable bonds is 8. The van der Waals surface area contributed by atoms with Gasteiger partial charge in [-0.3, -0.25) is 4.90 Å². The molecule has 0 radical (unpaired) electrons. The van der Waals surface area contributed by atoms with Crippen LogP contribution in [0.4, 0.5) is 0 Å². The van der Waals surface area contributed by atoms with Crippen LogP contribution in [0.2, 0.25) is 0 Å². The third kappa shape index (κ3) is 4.92. The number of nitrogens with zero attached hydrogens (tertiary/aromatic N) is 1. The second-order valence-electron chi connectivity index (χ2n) is 4.95. The molecule has 0 amide bonds. The van der Waals surface area contributed by atoms with Crippen LogP contribution in [0.25, 0.3) is 0 Å². The summed E-state index contributed by atoms with van der Waals surface area (Å²) < 4.78 is 10.9. The Balaban J connectivity index is 2.20. The Kier molecular flexibility index (Phi) is 7.04. The summed E-state index contributed by atoms with van der Waals surface area (Å²) >= 11 is 0. The molecular formula is C13H28N2O2. The predicted octanol–water partition coefficient (Wildman–Crippen LogP) is 1.11. The molecule has 1 N–H and O–H groups in total. The zero-order chi connectivity index (χ0) is 12.7. The minimum atomic E-state index is 0.235. The van der Waals surface area contributed by atoms with Gasteiger partial charge in [-0.25, -0.2) is 0 Å². The van der Waals surface area contributed by atoms with Crippen LogP contribution in [0.15, 0.2) is 0 Å². The Hall–Kier alpha value is -0.160. The van der Waals surface area contributed by atoms with Crippen LogP contribution in [0.5, 0.6) is 0 Å². The first-order valence-corrected chi connectivity index (χ1v) is 6.72. The fourth-order valence-corrected chi connectivity index (χ4v) is 2.32. The number of methoxy groups -OCH3 is 2. The van der Waals surface area contributed by atoms with E-state index in [-0.39, 0.29) is 12.2 Å². The minimum absolute atomic E-state index is 0.235. The quantitative estimate of drug-likeness (QED) is 0.693. The lowest BCUT2D eigenvalue weighted by atomic mass is 10.2. The fourth-order valence-electron chi connectivity index (χ4n) is 2.32. The second kappa shape index (κ2) is 8.03. The molecule has 0 aromatic heterocycles. The largest absolute Gasteiger partial charge is 0.377 e. The number of nitrogens with one attached hydrogen (secondary N) is 1. The summed E-state index contributed by atoms with van der Waals surface area (Å²) in [5.74, 6) is 0. The third-order valence-corrected chi connectivity index (χ3v) is 3.52. The van der Waals surface area contributed by atoms with Crippen molar-refractivity contribution in [2.24, 2.45) is 0 Å². The normalized spacial score (nSPS) is 27.5. The molecule has 4 nitrogen and oxygen atoms in total. The molecule has 3 unspecified atom stereocenters. The topological polar surface area (TPSA) is 33.7 Å². The Bertz CT molecular complexity index is 190. The molecule has 0 aromatic carbocycles. The van der Waals surface area contributed by atoms with E-state index >= 15 is 0 Å². The van der Waals surface area contributed by atoms with Gasteiger partial charge in [-0.2, -0.15) is 0 Å². The highest BCUT2D eigenvalue weighted by Crippen LogP contribution is 2.16. The van der Waals surface area contributed by atoms with Crippen LogP contribution >= 0.6 is 0 Å². The molecule has 17 heavy (non-hydrogen) atoms. The monoisotopic (exact) mass is 244 g/mol. The minimum Gasteiger partial charge on any atom is -0.377 e. The van der Waals surface area contributed by atoms with Crippen molar-refractivity contribution in [2.75, 3.05) is 40.4 Å². The van der Waals surface area contributed by atoms with E-state index < -0.39 is 0 Å². The van der Waals surface area contributed by atoms with Gasteiger partial charge < -0.3 is 14.8 Å². The highest BCUT2D eigenvalue weighted by molar-refractivity contribution is 4.86. The molecule has 1 fully saturated rings. The molecule has 1 rings (SSSR count). The van der Waals surface area contributed by atoms with E-state index in [1.165, 1.54) is 12.8 Å². The van der Waals surface area contributed by atoms with E-state index in [0.29, 0.717) is 6.04 Å². The highest BCUT2D eigenvalue weighted by atomic mass is 16.5. The average Bonchev–Trinajstić information content (AvgIpc) is 2.76. The number of likely N-dealkylation sites (tertiary alicyclic amines) is 1. The molecule has 1 aliphatic rings. The van der Waals surface area contributed by atoms with Gasteiger partial charge in [0.15, 0.2) is 0 Å². The molecule has 0 saturated carbocycles. The van der Waals surface area contributed by atoms with E-state index in [0.717, 1.165) is 26.2 Å². The summed E-state index contributed by atoms with van der Waals surface area (Å²) in [6.07, 6.45) is 2.86. The lowest BCUT2D eigenvalue weighted by Crippen LogP contribution is -2.32. The summed E-state index contributed by atoms with van der Waals surface area (Å²) in [5.41, 5.74) is 0. The van der Waals surface area contributed by atoms with Gasteiger partial charge in [-0.15, -0.1) is 0 Å². The van der Waals surface area contributed by atoms with Crippen LogP contribution < -0.4 is 5.32 Å². The second-order valence-corrected chi connectivity index (χ2v) is 4.95. The molecule has 0 spiro atoms. The molecule has 1 heterocycles. The van der Waals surface area contributed by atoms with Gasteiger partial charge in [0.25, 0.3) is 0 Å². The van der Waals surface area contributed by atoms with E-state index in [1.807, 2.05) is 0 Å². The molecule has 3 atom stereocenters. The first kappa shape index (κ1) is 14.9. The average molecular weight is 244 g/mol. The van der Waals surface area contributed by atoms with Crippen molar-refractivity contribution in [1.29, 1.82) is 0 Å². The molecule has 0 bridgehead atoms. The van der Waals surface area contributed by atoms with Crippen LogP contribution in [-0.4, -0.2) is 63.5 Å². The molecule has 4 heteroatoms. The molecule has 0 aliphatic carbocycles. The number of ether oxygens (including phenoxy) is 2. The van der Waals surface area contributed by atoms with Crippen molar-refractivity contribution in [3.8, 4) is 0 Å². The van der Waals surface area contributed by atoms with Crippen LogP contribution in [0, 0.1) is 0 Å². The molecular weight excluding hydrogens is 216 g/mol. The van der Waals surface area contributed by atoms with Gasteiger partial charge in [0.05, 0.1) is 12.2 Å². The fraction of sp³-hybridized carbons (Fsp3) is 1.00. The summed E-state index contributed by atoms with van der Waals surface area (Å²) in [4.78, 5) is 2.44. The molecule has 1 aliphatic heterocycles. The van der Waals surface area contributed by atoms with E-state index in [1.54, 1.807) is 14.2 Å². The lowest BCUT2D eigenvalue weighted by molar-refractivity contribution is -0.00461. The van der Waals surface area contributed by atoms with Gasteiger partial charge in [-0.1, -0.05) is 6.92 Å². The number of hydrogen-bond acceptors (Lipinski definition) is 4. The van der Waals surface area contributed by atoms with E-state index in [2.05, 4.69) is 24.1 Å². The van der Waals surface area contributed by atoms with Gasteiger partial charge >= 0.3 is 0 Å². The zero-order valence-corrected chi connectivity index (χ0v) is 11.7. The van der Waals surface area contributed by atoms with Crippen molar-refractivity contribution >= 4 is 0 Å². The van der Waals surface area contributed by atoms with E-state index in [9.17, 15) is 0 Å². The molecule has 0 aromatic rings. The van der Waals surface area contributed by atoms with Crippen LogP contribution in [0.3, 0.4) is 0 Å². The Morgan fingerprint density at radius 3 is 2.29 bits per heavy atom. The Morgan fingerprint density at radius 2 is 1.82 bits per heavy atom. The van der Waals surface area contributed by atoms with Crippen molar-refractivity contribution in [3.63, 3.8) is 0 Å². The summed E-state index contributed by atoms with van der Waals surface area (Å²) in [7, 11) is 3.54. The van der Waals surface area contributed by atoms with Crippen LogP contribution in [-0.2, 0) is 9.47 Å². The van der Waals surface area contributed by atoms with Crippen LogP contribution in [0.1, 0.15) is 26.7 Å². The summed E-state index contributed by atoms with van der Waals surface area (Å²) in [6, 6.07) is 0.595. The Morgan fingerprint density at radius 1 is 1.24 bits per heavy atom. The van der Waals surface area contributed by atoms with E-state index in [4.69, 9.17) is 9.47 Å². The van der Waals surface area contributed by atoms with Crippen molar-refractivity contribution in [2.45, 2.75) is 44.9 Å². The SMILES string of the molecule is CCCNC(C)CCN1CC(OC)C(OC)C1. The third-order valence-electron chi connectivity index (χ3n) is 3.52. The molecule has 102 valence electrons. The van der Waals surface area contributed by atoms with Crippen molar-refractivity contribution in [3.05, 3.63) is 0 Å². The standard InChI is InChI=1S/C13H28N2O2/c1-5-7-14-11(2)6-8-15-9-12(16-3)13(10-15)17-4/h11-14H,5-10H2,1-4H3. The lowest BCUT2D eigenvalue weighted by Gasteiger charge is -2.19. The van der Waals surface area contributed by atoms with Gasteiger partial charge in [0.1, 0.15) is 0 Å². The highest BCUT2D eigenvalue weighted by Gasteiger charge is 2.32. The summed E-state index contributed by atoms with van der Waals surface area (Å²) in [6.45, 7) is 8.69. The van der Waals surface area contributed by atoms with Crippen molar-refractivity contribution in [1.82, 2.24) is 10.2 Å². The smallest absolute Gasteiger partial charge is 0.0971 e. The maximum Gasteiger partial charge on any atom is 0.0971 e. The van der Waals surface area contributed by atoms with Gasteiger partial charge in [0, 0.05) is 33.4 Å². The number of hydrogen-bond donors (Lipinski definition) is 1.